The Bertz CT molecular complexity index is 1080. The highest BCUT2D eigenvalue weighted by Crippen LogP contribution is 2.30. The number of rotatable bonds is 6. The van der Waals surface area contributed by atoms with Crippen LogP contribution in [0, 0.1) is 0 Å². The fourth-order valence-corrected chi connectivity index (χ4v) is 2.82. The van der Waals surface area contributed by atoms with Crippen LogP contribution in [0.2, 0.25) is 0 Å². The normalized spacial score (nSPS) is 11.0. The molecule has 8 heteroatoms. The van der Waals surface area contributed by atoms with E-state index in [9.17, 15) is 22.8 Å². The summed E-state index contributed by atoms with van der Waals surface area (Å²) in [6, 6.07) is 17.2. The molecule has 3 aromatic carbocycles. The molecule has 0 saturated heterocycles. The van der Waals surface area contributed by atoms with E-state index >= 15 is 0 Å². The predicted octanol–water partition coefficient (Wildman–Crippen LogP) is 5.61. The van der Waals surface area contributed by atoms with E-state index in [4.69, 9.17) is 4.74 Å². The fourth-order valence-electron chi connectivity index (χ4n) is 2.82. The molecule has 0 spiro atoms. The van der Waals surface area contributed by atoms with Crippen molar-refractivity contribution in [3.05, 3.63) is 89.5 Å². The smallest absolute Gasteiger partial charge is 0.416 e. The molecule has 2 amide bonds. The van der Waals surface area contributed by atoms with Crippen molar-refractivity contribution in [2.24, 2.45) is 0 Å². The highest BCUT2D eigenvalue weighted by molar-refractivity contribution is 6.07. The second-order valence-corrected chi connectivity index (χ2v) is 6.49. The summed E-state index contributed by atoms with van der Waals surface area (Å²) in [7, 11) is 0. The van der Waals surface area contributed by atoms with E-state index in [0.717, 1.165) is 12.1 Å². The first kappa shape index (κ1) is 21.9. The molecule has 0 saturated carbocycles. The lowest BCUT2D eigenvalue weighted by Crippen LogP contribution is -2.15. The van der Waals surface area contributed by atoms with Gasteiger partial charge in [0.2, 0.25) is 0 Å². The van der Waals surface area contributed by atoms with Crippen molar-refractivity contribution in [3.63, 3.8) is 0 Å². The van der Waals surface area contributed by atoms with Gasteiger partial charge in [0.15, 0.2) is 0 Å². The van der Waals surface area contributed by atoms with Crippen LogP contribution in [0.25, 0.3) is 0 Å². The van der Waals surface area contributed by atoms with Gasteiger partial charge in [0, 0.05) is 16.9 Å². The molecular weight excluding hydrogens is 409 g/mol. The molecule has 0 aliphatic rings. The van der Waals surface area contributed by atoms with Gasteiger partial charge in [0.05, 0.1) is 17.7 Å². The maximum Gasteiger partial charge on any atom is 0.416 e. The lowest BCUT2D eigenvalue weighted by atomic mass is 10.1. The maximum absolute atomic E-state index is 12.8. The van der Waals surface area contributed by atoms with Crippen LogP contribution in [0.15, 0.2) is 72.8 Å². The second kappa shape index (κ2) is 9.34. The third-order valence-electron chi connectivity index (χ3n) is 4.28. The van der Waals surface area contributed by atoms with Crippen LogP contribution < -0.4 is 15.4 Å². The first-order valence-electron chi connectivity index (χ1n) is 9.40. The molecule has 0 aromatic heterocycles. The highest BCUT2D eigenvalue weighted by Gasteiger charge is 2.30. The SMILES string of the molecule is CCOc1ccccc1C(=O)Nc1ccc(C(=O)Nc2cccc(C(F)(F)F)c2)cc1. The van der Waals surface area contributed by atoms with Crippen LogP contribution in [0.1, 0.15) is 33.2 Å². The van der Waals surface area contributed by atoms with Crippen molar-refractivity contribution < 1.29 is 27.5 Å². The molecule has 3 rings (SSSR count). The van der Waals surface area contributed by atoms with E-state index < -0.39 is 17.6 Å². The molecule has 5 nitrogen and oxygen atoms in total. The molecule has 0 radical (unpaired) electrons. The number of ether oxygens (including phenoxy) is 1. The van der Waals surface area contributed by atoms with Crippen molar-refractivity contribution in [1.82, 2.24) is 0 Å². The third kappa shape index (κ3) is 5.63. The molecule has 31 heavy (non-hydrogen) atoms. The molecule has 0 heterocycles. The van der Waals surface area contributed by atoms with Gasteiger partial charge >= 0.3 is 6.18 Å². The molecule has 0 fully saturated rings. The van der Waals surface area contributed by atoms with E-state index in [1.165, 1.54) is 36.4 Å². The first-order valence-corrected chi connectivity index (χ1v) is 9.40. The first-order chi connectivity index (χ1) is 14.8. The largest absolute Gasteiger partial charge is 0.493 e. The summed E-state index contributed by atoms with van der Waals surface area (Å²) in [4.78, 5) is 24.9. The summed E-state index contributed by atoms with van der Waals surface area (Å²) in [5.41, 5.74) is 0.230. The minimum absolute atomic E-state index is 0.0322. The van der Waals surface area contributed by atoms with Crippen LogP contribution >= 0.6 is 0 Å². The van der Waals surface area contributed by atoms with Crippen LogP contribution in [-0.4, -0.2) is 18.4 Å². The molecule has 160 valence electrons. The Morgan fingerprint density at radius 3 is 2.19 bits per heavy atom. The predicted molar refractivity (Wildman–Crippen MR) is 111 cm³/mol. The summed E-state index contributed by atoms with van der Waals surface area (Å²) in [5, 5.41) is 5.16. The molecule has 0 aliphatic carbocycles. The number of anilines is 2. The van der Waals surface area contributed by atoms with E-state index in [1.807, 2.05) is 6.92 Å². The summed E-state index contributed by atoms with van der Waals surface area (Å²) in [5.74, 6) is -0.483. The van der Waals surface area contributed by atoms with Crippen molar-refractivity contribution in [2.75, 3.05) is 17.2 Å². The van der Waals surface area contributed by atoms with Gasteiger partial charge in [0.1, 0.15) is 5.75 Å². The van der Waals surface area contributed by atoms with Crippen LogP contribution in [-0.2, 0) is 6.18 Å². The Morgan fingerprint density at radius 1 is 0.839 bits per heavy atom. The van der Waals surface area contributed by atoms with Gasteiger partial charge in [-0.15, -0.1) is 0 Å². The molecule has 0 atom stereocenters. The molecule has 0 aliphatic heterocycles. The van der Waals surface area contributed by atoms with E-state index in [2.05, 4.69) is 10.6 Å². The minimum Gasteiger partial charge on any atom is -0.493 e. The Balaban J connectivity index is 1.68. The number of hydrogen-bond acceptors (Lipinski definition) is 3. The van der Waals surface area contributed by atoms with Gasteiger partial charge in [-0.1, -0.05) is 18.2 Å². The van der Waals surface area contributed by atoms with E-state index in [1.54, 1.807) is 24.3 Å². The molecule has 2 N–H and O–H groups in total. The monoisotopic (exact) mass is 428 g/mol. The number of carbonyl (C=O) groups excluding carboxylic acids is 2. The Kier molecular flexibility index (Phi) is 6.59. The standard InChI is InChI=1S/C23H19F3N2O3/c1-2-31-20-9-4-3-8-19(20)22(30)27-17-12-10-15(11-13-17)21(29)28-18-7-5-6-16(14-18)23(24,25)26/h3-14H,2H2,1H3,(H,27,30)(H,28,29). The average molecular weight is 428 g/mol. The summed E-state index contributed by atoms with van der Waals surface area (Å²) in [6.07, 6.45) is -4.50. The molecule has 3 aromatic rings. The lowest BCUT2D eigenvalue weighted by Gasteiger charge is -2.11. The van der Waals surface area contributed by atoms with Crippen molar-refractivity contribution >= 4 is 23.2 Å². The zero-order valence-electron chi connectivity index (χ0n) is 16.5. The van der Waals surface area contributed by atoms with Crippen molar-refractivity contribution in [1.29, 1.82) is 0 Å². The Labute approximate surface area is 176 Å². The number of para-hydroxylation sites is 1. The van der Waals surface area contributed by atoms with E-state index in [-0.39, 0.29) is 17.2 Å². The highest BCUT2D eigenvalue weighted by atomic mass is 19.4. The van der Waals surface area contributed by atoms with Gasteiger partial charge in [0.25, 0.3) is 11.8 Å². The third-order valence-corrected chi connectivity index (χ3v) is 4.28. The number of alkyl halides is 3. The number of hydrogen-bond donors (Lipinski definition) is 2. The quantitative estimate of drug-likeness (QED) is 0.536. The Hall–Kier alpha value is -3.81. The molecule has 0 bridgehead atoms. The van der Waals surface area contributed by atoms with Gasteiger partial charge in [-0.3, -0.25) is 9.59 Å². The van der Waals surface area contributed by atoms with E-state index in [0.29, 0.717) is 23.6 Å². The second-order valence-electron chi connectivity index (χ2n) is 6.49. The van der Waals surface area contributed by atoms with Gasteiger partial charge in [-0.05, 0) is 61.5 Å². The number of amides is 2. The van der Waals surface area contributed by atoms with Crippen LogP contribution in [0.5, 0.6) is 5.75 Å². The van der Waals surface area contributed by atoms with Crippen molar-refractivity contribution in [3.8, 4) is 5.75 Å². The zero-order valence-corrected chi connectivity index (χ0v) is 16.5. The summed E-state index contributed by atoms with van der Waals surface area (Å²) < 4.78 is 43.9. The summed E-state index contributed by atoms with van der Waals surface area (Å²) >= 11 is 0. The zero-order chi connectivity index (χ0) is 22.4. The summed E-state index contributed by atoms with van der Waals surface area (Å²) in [6.45, 7) is 2.23. The van der Waals surface area contributed by atoms with Crippen LogP contribution in [0.4, 0.5) is 24.5 Å². The number of halogens is 3. The number of carbonyl (C=O) groups is 2. The minimum atomic E-state index is -4.50. The fraction of sp³-hybridized carbons (Fsp3) is 0.130. The lowest BCUT2D eigenvalue weighted by molar-refractivity contribution is -0.137. The van der Waals surface area contributed by atoms with Gasteiger partial charge < -0.3 is 15.4 Å². The molecule has 0 unspecified atom stereocenters. The van der Waals surface area contributed by atoms with Crippen molar-refractivity contribution in [2.45, 2.75) is 13.1 Å². The number of nitrogens with one attached hydrogen (secondary N) is 2. The van der Waals surface area contributed by atoms with Crippen LogP contribution in [0.3, 0.4) is 0 Å². The number of benzene rings is 3. The Morgan fingerprint density at radius 2 is 1.52 bits per heavy atom. The average Bonchev–Trinajstić information content (AvgIpc) is 2.74. The van der Waals surface area contributed by atoms with Gasteiger partial charge in [-0.25, -0.2) is 0 Å². The topological polar surface area (TPSA) is 67.4 Å². The molecular formula is C23H19F3N2O3. The maximum atomic E-state index is 12.8. The van der Waals surface area contributed by atoms with Gasteiger partial charge in [-0.2, -0.15) is 13.2 Å².